The van der Waals surface area contributed by atoms with E-state index in [1.807, 2.05) is 0 Å². The van der Waals surface area contributed by atoms with Crippen molar-refractivity contribution in [3.63, 3.8) is 0 Å². The van der Waals surface area contributed by atoms with Crippen LogP contribution in [0.5, 0.6) is 5.75 Å². The highest BCUT2D eigenvalue weighted by Gasteiger charge is 2.13. The Morgan fingerprint density at radius 2 is 2.00 bits per heavy atom. The van der Waals surface area contributed by atoms with Gasteiger partial charge in [0, 0.05) is 16.5 Å². The SMILES string of the molecule is COc1ccc(C(=O)Cc2ccccc2F)c(Br)c1. The van der Waals surface area contributed by atoms with Gasteiger partial charge in [-0.15, -0.1) is 0 Å². The van der Waals surface area contributed by atoms with E-state index in [1.165, 1.54) is 6.07 Å². The Bertz CT molecular complexity index is 611. The first-order valence-electron chi connectivity index (χ1n) is 5.72. The van der Waals surface area contributed by atoms with Crippen LogP contribution in [0.2, 0.25) is 0 Å². The Morgan fingerprint density at radius 3 is 2.63 bits per heavy atom. The van der Waals surface area contributed by atoms with Gasteiger partial charge in [0.1, 0.15) is 11.6 Å². The van der Waals surface area contributed by atoms with Gasteiger partial charge < -0.3 is 4.74 Å². The van der Waals surface area contributed by atoms with E-state index >= 15 is 0 Å². The highest BCUT2D eigenvalue weighted by Crippen LogP contribution is 2.24. The van der Waals surface area contributed by atoms with Crippen LogP contribution >= 0.6 is 15.9 Å². The predicted octanol–water partition coefficient (Wildman–Crippen LogP) is 4.02. The molecule has 0 aromatic heterocycles. The number of hydrogen-bond donors (Lipinski definition) is 0. The number of Topliss-reactive ketones (excluding diaryl/α,β-unsaturated/α-hetero) is 1. The van der Waals surface area contributed by atoms with Gasteiger partial charge in [-0.2, -0.15) is 0 Å². The van der Waals surface area contributed by atoms with Crippen molar-refractivity contribution in [2.24, 2.45) is 0 Å². The number of ketones is 1. The Balaban J connectivity index is 2.23. The largest absolute Gasteiger partial charge is 0.497 e. The van der Waals surface area contributed by atoms with Gasteiger partial charge >= 0.3 is 0 Å². The van der Waals surface area contributed by atoms with Crippen LogP contribution in [0.15, 0.2) is 46.9 Å². The van der Waals surface area contributed by atoms with Crippen molar-refractivity contribution in [1.82, 2.24) is 0 Å². The second-order valence-corrected chi connectivity index (χ2v) is 4.89. The van der Waals surface area contributed by atoms with Crippen LogP contribution in [0.1, 0.15) is 15.9 Å². The van der Waals surface area contributed by atoms with Crippen molar-refractivity contribution in [2.45, 2.75) is 6.42 Å². The molecule has 0 radical (unpaired) electrons. The molecule has 2 nitrogen and oxygen atoms in total. The van der Waals surface area contributed by atoms with E-state index in [0.717, 1.165) is 0 Å². The van der Waals surface area contributed by atoms with Crippen LogP contribution in [0.4, 0.5) is 4.39 Å². The second-order valence-electron chi connectivity index (χ2n) is 4.04. The molecule has 0 aliphatic heterocycles. The summed E-state index contributed by atoms with van der Waals surface area (Å²) in [5.41, 5.74) is 0.916. The standard InChI is InChI=1S/C15H12BrFO2/c1-19-11-6-7-12(13(16)9-11)15(18)8-10-4-2-3-5-14(10)17/h2-7,9H,8H2,1H3. The summed E-state index contributed by atoms with van der Waals surface area (Å²) in [6, 6.07) is 11.4. The van der Waals surface area contributed by atoms with Crippen LogP contribution in [0.25, 0.3) is 0 Å². The average Bonchev–Trinajstić information content (AvgIpc) is 2.41. The van der Waals surface area contributed by atoms with Gasteiger partial charge in [0.2, 0.25) is 0 Å². The third-order valence-electron chi connectivity index (χ3n) is 2.79. The van der Waals surface area contributed by atoms with Gasteiger partial charge in [-0.3, -0.25) is 4.79 Å². The lowest BCUT2D eigenvalue weighted by molar-refractivity contribution is 0.0991. The molecule has 0 heterocycles. The first-order chi connectivity index (χ1) is 9.11. The molecular weight excluding hydrogens is 311 g/mol. The first-order valence-corrected chi connectivity index (χ1v) is 6.51. The molecule has 2 aromatic rings. The number of halogens is 2. The maximum atomic E-state index is 13.5. The number of methoxy groups -OCH3 is 1. The molecule has 0 fully saturated rings. The molecule has 0 saturated carbocycles. The van der Waals surface area contributed by atoms with Crippen molar-refractivity contribution in [2.75, 3.05) is 7.11 Å². The zero-order chi connectivity index (χ0) is 13.8. The predicted molar refractivity (Wildman–Crippen MR) is 75.1 cm³/mol. The lowest BCUT2D eigenvalue weighted by Crippen LogP contribution is -2.06. The summed E-state index contributed by atoms with van der Waals surface area (Å²) in [6.07, 6.45) is 0.0393. The van der Waals surface area contributed by atoms with Gasteiger partial charge in [0.15, 0.2) is 5.78 Å². The number of hydrogen-bond acceptors (Lipinski definition) is 2. The van der Waals surface area contributed by atoms with E-state index < -0.39 is 0 Å². The van der Waals surface area contributed by atoms with Crippen LogP contribution < -0.4 is 4.74 Å². The Morgan fingerprint density at radius 1 is 1.26 bits per heavy atom. The first kappa shape index (κ1) is 13.7. The van der Waals surface area contributed by atoms with E-state index in [4.69, 9.17) is 4.74 Å². The van der Waals surface area contributed by atoms with Crippen LogP contribution in [-0.4, -0.2) is 12.9 Å². The van der Waals surface area contributed by atoms with Gasteiger partial charge in [0.25, 0.3) is 0 Å². The van der Waals surface area contributed by atoms with Crippen molar-refractivity contribution < 1.29 is 13.9 Å². The maximum Gasteiger partial charge on any atom is 0.168 e. The minimum absolute atomic E-state index is 0.0393. The zero-order valence-corrected chi connectivity index (χ0v) is 11.9. The van der Waals surface area contributed by atoms with E-state index in [1.54, 1.807) is 43.5 Å². The molecule has 4 heteroatoms. The topological polar surface area (TPSA) is 26.3 Å². The molecular formula is C15H12BrFO2. The molecule has 0 aliphatic carbocycles. The summed E-state index contributed by atoms with van der Waals surface area (Å²) >= 11 is 3.33. The fourth-order valence-corrected chi connectivity index (χ4v) is 2.34. The van der Waals surface area contributed by atoms with Gasteiger partial charge in [-0.05, 0) is 45.8 Å². The van der Waals surface area contributed by atoms with E-state index in [0.29, 0.717) is 21.3 Å². The lowest BCUT2D eigenvalue weighted by atomic mass is 10.0. The molecule has 19 heavy (non-hydrogen) atoms. The van der Waals surface area contributed by atoms with Crippen LogP contribution in [-0.2, 0) is 6.42 Å². The molecule has 0 saturated heterocycles. The van der Waals surface area contributed by atoms with E-state index in [-0.39, 0.29) is 18.0 Å². The highest BCUT2D eigenvalue weighted by atomic mass is 79.9. The summed E-state index contributed by atoms with van der Waals surface area (Å²) in [4.78, 5) is 12.1. The van der Waals surface area contributed by atoms with Crippen molar-refractivity contribution in [3.05, 3.63) is 63.9 Å². The fraction of sp³-hybridized carbons (Fsp3) is 0.133. The smallest absolute Gasteiger partial charge is 0.168 e. The van der Waals surface area contributed by atoms with Crippen LogP contribution in [0, 0.1) is 5.82 Å². The summed E-state index contributed by atoms with van der Waals surface area (Å²) in [5.74, 6) is 0.162. The van der Waals surface area contributed by atoms with Crippen molar-refractivity contribution in [3.8, 4) is 5.75 Å². The zero-order valence-electron chi connectivity index (χ0n) is 10.3. The lowest BCUT2D eigenvalue weighted by Gasteiger charge is -2.07. The summed E-state index contributed by atoms with van der Waals surface area (Å²) in [5, 5.41) is 0. The quantitative estimate of drug-likeness (QED) is 0.795. The molecule has 98 valence electrons. The molecule has 2 aromatic carbocycles. The number of benzene rings is 2. The normalized spacial score (nSPS) is 10.3. The number of carbonyl (C=O) groups is 1. The molecule has 0 unspecified atom stereocenters. The van der Waals surface area contributed by atoms with Gasteiger partial charge in [-0.1, -0.05) is 18.2 Å². The molecule has 0 atom stereocenters. The Labute approximate surface area is 119 Å². The number of carbonyl (C=O) groups excluding carboxylic acids is 1. The Kier molecular flexibility index (Phi) is 4.32. The highest BCUT2D eigenvalue weighted by molar-refractivity contribution is 9.10. The number of ether oxygens (including phenoxy) is 1. The summed E-state index contributed by atoms with van der Waals surface area (Å²) in [7, 11) is 1.56. The third kappa shape index (κ3) is 3.20. The second kappa shape index (κ2) is 5.97. The van der Waals surface area contributed by atoms with Crippen LogP contribution in [0.3, 0.4) is 0 Å². The Hall–Kier alpha value is -1.68. The monoisotopic (exact) mass is 322 g/mol. The van der Waals surface area contributed by atoms with E-state index in [9.17, 15) is 9.18 Å². The van der Waals surface area contributed by atoms with Gasteiger partial charge in [0.05, 0.1) is 7.11 Å². The fourth-order valence-electron chi connectivity index (χ4n) is 1.76. The third-order valence-corrected chi connectivity index (χ3v) is 3.44. The minimum Gasteiger partial charge on any atom is -0.497 e. The van der Waals surface area contributed by atoms with Gasteiger partial charge in [-0.25, -0.2) is 4.39 Å². The summed E-state index contributed by atoms with van der Waals surface area (Å²) in [6.45, 7) is 0. The average molecular weight is 323 g/mol. The van der Waals surface area contributed by atoms with E-state index in [2.05, 4.69) is 15.9 Å². The molecule has 2 rings (SSSR count). The van der Waals surface area contributed by atoms with Crippen molar-refractivity contribution >= 4 is 21.7 Å². The molecule has 0 spiro atoms. The number of rotatable bonds is 4. The summed E-state index contributed by atoms with van der Waals surface area (Å²) < 4.78 is 19.2. The molecule has 0 N–H and O–H groups in total. The van der Waals surface area contributed by atoms with Crippen molar-refractivity contribution in [1.29, 1.82) is 0 Å². The molecule has 0 aliphatic rings. The molecule has 0 bridgehead atoms. The maximum absolute atomic E-state index is 13.5. The minimum atomic E-state index is -0.361. The molecule has 0 amide bonds.